The van der Waals surface area contributed by atoms with Crippen LogP contribution in [0.2, 0.25) is 0 Å². The highest BCUT2D eigenvalue weighted by molar-refractivity contribution is 5.32. The third-order valence-electron chi connectivity index (χ3n) is 5.04. The number of hydrogen-bond acceptors (Lipinski definition) is 1. The topological polar surface area (TPSA) is 12.0 Å². The van der Waals surface area contributed by atoms with Gasteiger partial charge in [-0.15, -0.1) is 0 Å². The number of nitrogens with one attached hydrogen (secondary N) is 1. The minimum atomic E-state index is 0.458. The summed E-state index contributed by atoms with van der Waals surface area (Å²) in [5, 5.41) is 3.93. The highest BCUT2D eigenvalue weighted by Gasteiger charge is 2.28. The molecule has 0 saturated heterocycles. The smallest absolute Gasteiger partial charge is 0.0297 e. The van der Waals surface area contributed by atoms with Crippen molar-refractivity contribution in [2.45, 2.75) is 72.4 Å². The summed E-state index contributed by atoms with van der Waals surface area (Å²) in [6.07, 6.45) is 5.55. The Morgan fingerprint density at radius 2 is 1.75 bits per heavy atom. The molecule has 3 unspecified atom stereocenters. The van der Waals surface area contributed by atoms with Crippen LogP contribution in [-0.4, -0.2) is 6.04 Å². The SMILES string of the molecule is Cc1ccc(C)c(C(C)NC2CCCCC2C(C)C)c1. The molecule has 1 heteroatoms. The van der Waals surface area contributed by atoms with Crippen LogP contribution in [0.1, 0.15) is 69.2 Å². The van der Waals surface area contributed by atoms with E-state index < -0.39 is 0 Å². The first-order valence-corrected chi connectivity index (χ1v) is 8.32. The Hall–Kier alpha value is -0.820. The van der Waals surface area contributed by atoms with Crippen molar-refractivity contribution >= 4 is 0 Å². The molecular formula is C19H31N. The molecule has 1 aliphatic carbocycles. The maximum absolute atomic E-state index is 3.93. The van der Waals surface area contributed by atoms with E-state index in [0.29, 0.717) is 12.1 Å². The molecule has 1 saturated carbocycles. The molecule has 0 bridgehead atoms. The molecule has 1 nitrogen and oxygen atoms in total. The van der Waals surface area contributed by atoms with E-state index in [1.807, 2.05) is 0 Å². The largest absolute Gasteiger partial charge is 0.307 e. The van der Waals surface area contributed by atoms with E-state index in [0.717, 1.165) is 11.8 Å². The lowest BCUT2D eigenvalue weighted by Crippen LogP contribution is -2.42. The van der Waals surface area contributed by atoms with Crippen LogP contribution >= 0.6 is 0 Å². The minimum Gasteiger partial charge on any atom is -0.307 e. The Balaban J connectivity index is 2.09. The summed E-state index contributed by atoms with van der Waals surface area (Å²) in [7, 11) is 0. The Kier molecular flexibility index (Phi) is 5.26. The maximum atomic E-state index is 3.93. The fourth-order valence-corrected chi connectivity index (χ4v) is 3.80. The van der Waals surface area contributed by atoms with Crippen molar-refractivity contribution in [3.05, 3.63) is 34.9 Å². The molecule has 3 atom stereocenters. The Morgan fingerprint density at radius 3 is 2.45 bits per heavy atom. The zero-order valence-electron chi connectivity index (χ0n) is 13.9. The van der Waals surface area contributed by atoms with E-state index in [-0.39, 0.29) is 0 Å². The van der Waals surface area contributed by atoms with Crippen LogP contribution in [0.5, 0.6) is 0 Å². The second kappa shape index (κ2) is 6.76. The standard InChI is InChI=1S/C19H31N/c1-13(2)17-8-6-7-9-19(17)20-16(5)18-12-14(3)10-11-15(18)4/h10-13,16-17,19-20H,6-9H2,1-5H3. The molecule has 112 valence electrons. The third-order valence-corrected chi connectivity index (χ3v) is 5.04. The molecule has 1 N–H and O–H groups in total. The second-order valence-corrected chi connectivity index (χ2v) is 7.05. The fourth-order valence-electron chi connectivity index (χ4n) is 3.80. The van der Waals surface area contributed by atoms with Crippen molar-refractivity contribution in [3.63, 3.8) is 0 Å². The van der Waals surface area contributed by atoms with Crippen LogP contribution in [0, 0.1) is 25.7 Å². The van der Waals surface area contributed by atoms with Crippen molar-refractivity contribution in [1.29, 1.82) is 0 Å². The molecule has 0 aromatic heterocycles. The molecule has 20 heavy (non-hydrogen) atoms. The summed E-state index contributed by atoms with van der Waals surface area (Å²) in [6.45, 7) is 11.5. The van der Waals surface area contributed by atoms with Crippen LogP contribution in [-0.2, 0) is 0 Å². The summed E-state index contributed by atoms with van der Waals surface area (Å²) in [5.74, 6) is 1.63. The van der Waals surface area contributed by atoms with E-state index in [1.54, 1.807) is 0 Å². The van der Waals surface area contributed by atoms with Crippen molar-refractivity contribution in [1.82, 2.24) is 5.32 Å². The summed E-state index contributed by atoms with van der Waals surface area (Å²) < 4.78 is 0. The van der Waals surface area contributed by atoms with Crippen molar-refractivity contribution in [2.75, 3.05) is 0 Å². The number of benzene rings is 1. The van der Waals surface area contributed by atoms with E-state index in [4.69, 9.17) is 0 Å². The van der Waals surface area contributed by atoms with Crippen LogP contribution in [0.4, 0.5) is 0 Å². The Labute approximate surface area is 125 Å². The van der Waals surface area contributed by atoms with Gasteiger partial charge in [-0.1, -0.05) is 50.5 Å². The van der Waals surface area contributed by atoms with Gasteiger partial charge in [-0.05, 0) is 56.6 Å². The number of hydrogen-bond donors (Lipinski definition) is 1. The van der Waals surface area contributed by atoms with Crippen LogP contribution in [0.25, 0.3) is 0 Å². The van der Waals surface area contributed by atoms with Crippen molar-refractivity contribution in [3.8, 4) is 0 Å². The number of rotatable bonds is 4. The molecule has 0 aliphatic heterocycles. The summed E-state index contributed by atoms with van der Waals surface area (Å²) in [5.41, 5.74) is 4.24. The van der Waals surface area contributed by atoms with Crippen LogP contribution in [0.3, 0.4) is 0 Å². The van der Waals surface area contributed by atoms with E-state index >= 15 is 0 Å². The first kappa shape index (κ1) is 15.6. The molecule has 0 heterocycles. The zero-order chi connectivity index (χ0) is 14.7. The Bertz CT molecular complexity index is 435. The Morgan fingerprint density at radius 1 is 1.05 bits per heavy atom. The van der Waals surface area contributed by atoms with Gasteiger partial charge in [0, 0.05) is 12.1 Å². The van der Waals surface area contributed by atoms with Gasteiger partial charge >= 0.3 is 0 Å². The van der Waals surface area contributed by atoms with Gasteiger partial charge in [-0.3, -0.25) is 0 Å². The second-order valence-electron chi connectivity index (χ2n) is 7.05. The molecule has 0 amide bonds. The first-order chi connectivity index (χ1) is 9.49. The van der Waals surface area contributed by atoms with E-state index in [1.165, 1.54) is 42.4 Å². The van der Waals surface area contributed by atoms with Gasteiger partial charge in [0.25, 0.3) is 0 Å². The highest BCUT2D eigenvalue weighted by atomic mass is 15.0. The normalized spacial score (nSPS) is 24.9. The molecule has 1 aromatic rings. The van der Waals surface area contributed by atoms with Crippen molar-refractivity contribution in [2.24, 2.45) is 11.8 Å². The van der Waals surface area contributed by atoms with E-state index in [9.17, 15) is 0 Å². The molecule has 0 radical (unpaired) electrons. The molecular weight excluding hydrogens is 242 g/mol. The molecule has 0 spiro atoms. The van der Waals surface area contributed by atoms with Gasteiger partial charge in [-0.25, -0.2) is 0 Å². The van der Waals surface area contributed by atoms with Gasteiger partial charge in [0.1, 0.15) is 0 Å². The maximum Gasteiger partial charge on any atom is 0.0297 e. The molecule has 1 fully saturated rings. The molecule has 2 rings (SSSR count). The monoisotopic (exact) mass is 273 g/mol. The average molecular weight is 273 g/mol. The van der Waals surface area contributed by atoms with Crippen molar-refractivity contribution < 1.29 is 0 Å². The van der Waals surface area contributed by atoms with Crippen LogP contribution < -0.4 is 5.32 Å². The lowest BCUT2D eigenvalue weighted by molar-refractivity contribution is 0.194. The predicted octanol–water partition coefficient (Wildman–Crippen LogP) is 5.17. The van der Waals surface area contributed by atoms with Crippen LogP contribution in [0.15, 0.2) is 18.2 Å². The quantitative estimate of drug-likeness (QED) is 0.798. The van der Waals surface area contributed by atoms with Gasteiger partial charge in [-0.2, -0.15) is 0 Å². The zero-order valence-corrected chi connectivity index (χ0v) is 13.9. The molecule has 1 aromatic carbocycles. The lowest BCUT2D eigenvalue weighted by Gasteiger charge is -2.37. The summed E-state index contributed by atoms with van der Waals surface area (Å²) >= 11 is 0. The summed E-state index contributed by atoms with van der Waals surface area (Å²) in [6, 6.07) is 7.96. The first-order valence-electron chi connectivity index (χ1n) is 8.32. The van der Waals surface area contributed by atoms with Gasteiger partial charge in [0.15, 0.2) is 0 Å². The number of aryl methyl sites for hydroxylation is 2. The minimum absolute atomic E-state index is 0.458. The summed E-state index contributed by atoms with van der Waals surface area (Å²) in [4.78, 5) is 0. The molecule has 1 aliphatic rings. The highest BCUT2D eigenvalue weighted by Crippen LogP contribution is 2.32. The van der Waals surface area contributed by atoms with E-state index in [2.05, 4.69) is 58.1 Å². The predicted molar refractivity (Wildman–Crippen MR) is 88.1 cm³/mol. The fraction of sp³-hybridized carbons (Fsp3) is 0.684. The lowest BCUT2D eigenvalue weighted by atomic mass is 9.77. The third kappa shape index (κ3) is 3.63. The average Bonchev–Trinajstić information content (AvgIpc) is 2.41. The van der Waals surface area contributed by atoms with Gasteiger partial charge in [0.2, 0.25) is 0 Å². The van der Waals surface area contributed by atoms with Gasteiger partial charge < -0.3 is 5.32 Å². The van der Waals surface area contributed by atoms with Gasteiger partial charge in [0.05, 0.1) is 0 Å².